The number of hydrogen-bond acceptors (Lipinski definition) is 5. The van der Waals surface area contributed by atoms with Crippen LogP contribution in [0.5, 0.6) is 0 Å². The largest absolute Gasteiger partial charge is 0.475 e. The standard InChI is InChI=1S/C18H32BNO4.ClH/c1-16(2,3)22-15(21)8-7-14(20)19-23-13-10-11-9-12(17(11,4)5)18(13,6)24-19;/h11-14H,7-10,20H2,1-6H3;1H/t11-,12-,13+,14?,18-;/m0./s1. The molecule has 0 amide bonds. The molecule has 3 aliphatic carbocycles. The Bertz CT molecular complexity index is 524. The SMILES string of the molecule is CC(C)(C)OC(=O)CCC(N)B1O[C@@H]2C[C@@H]3C[C@@H](C3(C)C)[C@]2(C)O1.Cl. The van der Waals surface area contributed by atoms with Gasteiger partial charge in [-0.05, 0) is 64.2 Å². The first-order valence-electron chi connectivity index (χ1n) is 9.24. The van der Waals surface area contributed by atoms with Gasteiger partial charge in [0.15, 0.2) is 0 Å². The molecule has 0 radical (unpaired) electrons. The quantitative estimate of drug-likeness (QED) is 0.605. The Balaban J connectivity index is 0.00000225. The number of nitrogens with two attached hydrogens (primary N) is 1. The van der Waals surface area contributed by atoms with Crippen LogP contribution in [0.2, 0.25) is 0 Å². The monoisotopic (exact) mass is 373 g/mol. The van der Waals surface area contributed by atoms with Crippen molar-refractivity contribution in [2.24, 2.45) is 23.0 Å². The van der Waals surface area contributed by atoms with E-state index in [9.17, 15) is 4.79 Å². The van der Waals surface area contributed by atoms with Gasteiger partial charge in [0.25, 0.3) is 0 Å². The fraction of sp³-hybridized carbons (Fsp3) is 0.944. The molecule has 144 valence electrons. The first-order chi connectivity index (χ1) is 10.9. The number of halogens is 1. The molecule has 0 spiro atoms. The van der Waals surface area contributed by atoms with Crippen molar-refractivity contribution in [3.63, 3.8) is 0 Å². The van der Waals surface area contributed by atoms with Crippen LogP contribution in [0.1, 0.15) is 67.2 Å². The Morgan fingerprint density at radius 1 is 1.32 bits per heavy atom. The number of rotatable bonds is 4. The van der Waals surface area contributed by atoms with Crippen LogP contribution in [0.3, 0.4) is 0 Å². The van der Waals surface area contributed by atoms with Crippen molar-refractivity contribution in [2.45, 2.75) is 90.5 Å². The lowest BCUT2D eigenvalue weighted by molar-refractivity contribution is -0.199. The van der Waals surface area contributed by atoms with Crippen LogP contribution >= 0.6 is 12.4 Å². The van der Waals surface area contributed by atoms with E-state index >= 15 is 0 Å². The highest BCUT2D eigenvalue weighted by molar-refractivity contribution is 6.47. The van der Waals surface area contributed by atoms with E-state index < -0.39 is 12.7 Å². The second-order valence-corrected chi connectivity index (χ2v) is 9.63. The van der Waals surface area contributed by atoms with Gasteiger partial charge >= 0.3 is 13.1 Å². The van der Waals surface area contributed by atoms with Crippen molar-refractivity contribution in [3.8, 4) is 0 Å². The van der Waals surface area contributed by atoms with E-state index in [1.807, 2.05) is 20.8 Å². The number of carbonyl (C=O) groups excluding carboxylic acids is 1. The van der Waals surface area contributed by atoms with Crippen LogP contribution in [0.15, 0.2) is 0 Å². The minimum atomic E-state index is -0.462. The smallest absolute Gasteiger partial charge is 0.460 e. The fourth-order valence-corrected chi connectivity index (χ4v) is 4.90. The zero-order valence-corrected chi connectivity index (χ0v) is 17.2. The molecule has 4 fully saturated rings. The predicted molar refractivity (Wildman–Crippen MR) is 100 cm³/mol. The molecule has 0 aromatic rings. The lowest BCUT2D eigenvalue weighted by Gasteiger charge is -2.64. The van der Waals surface area contributed by atoms with Crippen LogP contribution in [-0.4, -0.2) is 36.3 Å². The third-order valence-electron chi connectivity index (χ3n) is 6.42. The summed E-state index contributed by atoms with van der Waals surface area (Å²) in [5, 5.41) is 0. The van der Waals surface area contributed by atoms with Gasteiger partial charge in [-0.3, -0.25) is 4.79 Å². The van der Waals surface area contributed by atoms with Gasteiger partial charge in [-0.1, -0.05) is 13.8 Å². The number of hydrogen-bond donors (Lipinski definition) is 1. The molecule has 4 rings (SSSR count). The summed E-state index contributed by atoms with van der Waals surface area (Å²) in [6, 6.07) is 0. The van der Waals surface area contributed by atoms with Gasteiger partial charge in [0.1, 0.15) is 5.60 Å². The van der Waals surface area contributed by atoms with Crippen LogP contribution in [0, 0.1) is 17.3 Å². The Morgan fingerprint density at radius 2 is 1.96 bits per heavy atom. The predicted octanol–water partition coefficient (Wildman–Crippen LogP) is 3.12. The summed E-state index contributed by atoms with van der Waals surface area (Å²) in [7, 11) is -0.419. The molecule has 3 saturated carbocycles. The molecule has 0 aromatic heterocycles. The number of carbonyl (C=O) groups is 1. The molecule has 4 aliphatic rings. The second kappa shape index (κ2) is 6.70. The van der Waals surface area contributed by atoms with Crippen molar-refractivity contribution in [1.29, 1.82) is 0 Å². The summed E-state index contributed by atoms with van der Waals surface area (Å²) < 4.78 is 17.8. The molecule has 1 heterocycles. The fourth-order valence-electron chi connectivity index (χ4n) is 4.90. The lowest BCUT2D eigenvalue weighted by atomic mass is 9.43. The molecule has 1 aliphatic heterocycles. The summed E-state index contributed by atoms with van der Waals surface area (Å²) in [4.78, 5) is 11.9. The summed E-state index contributed by atoms with van der Waals surface area (Å²) in [5.74, 6) is 0.723. The molecule has 7 heteroatoms. The second-order valence-electron chi connectivity index (χ2n) is 9.63. The highest BCUT2D eigenvalue weighted by atomic mass is 35.5. The minimum Gasteiger partial charge on any atom is -0.460 e. The van der Waals surface area contributed by atoms with Crippen molar-refractivity contribution in [3.05, 3.63) is 0 Å². The van der Waals surface area contributed by atoms with Crippen LogP contribution in [-0.2, 0) is 18.8 Å². The van der Waals surface area contributed by atoms with Crippen LogP contribution in [0.25, 0.3) is 0 Å². The molecule has 2 bridgehead atoms. The van der Waals surface area contributed by atoms with E-state index in [-0.39, 0.29) is 36.0 Å². The Hall–Kier alpha value is -0.295. The van der Waals surface area contributed by atoms with Crippen LogP contribution < -0.4 is 5.73 Å². The van der Waals surface area contributed by atoms with Gasteiger partial charge in [-0.25, -0.2) is 0 Å². The van der Waals surface area contributed by atoms with Gasteiger partial charge in [0, 0.05) is 12.4 Å². The number of esters is 1. The van der Waals surface area contributed by atoms with Gasteiger partial charge < -0.3 is 19.8 Å². The van der Waals surface area contributed by atoms with Crippen molar-refractivity contribution in [1.82, 2.24) is 0 Å². The van der Waals surface area contributed by atoms with Gasteiger partial charge in [-0.2, -0.15) is 0 Å². The Labute approximate surface area is 158 Å². The van der Waals surface area contributed by atoms with E-state index in [0.717, 1.165) is 12.3 Å². The molecule has 25 heavy (non-hydrogen) atoms. The zero-order valence-electron chi connectivity index (χ0n) is 16.3. The van der Waals surface area contributed by atoms with E-state index in [1.54, 1.807) is 0 Å². The molecular weight excluding hydrogens is 340 g/mol. The highest BCUT2D eigenvalue weighted by Gasteiger charge is 2.68. The summed E-state index contributed by atoms with van der Waals surface area (Å²) >= 11 is 0. The molecule has 1 saturated heterocycles. The molecule has 2 N–H and O–H groups in total. The van der Waals surface area contributed by atoms with E-state index in [2.05, 4.69) is 20.8 Å². The third kappa shape index (κ3) is 3.73. The van der Waals surface area contributed by atoms with Gasteiger partial charge in [0.2, 0.25) is 0 Å². The topological polar surface area (TPSA) is 70.8 Å². The van der Waals surface area contributed by atoms with Gasteiger partial charge in [0.05, 0.1) is 11.7 Å². The normalized spacial score (nSPS) is 36.8. The van der Waals surface area contributed by atoms with Gasteiger partial charge in [-0.15, -0.1) is 12.4 Å². The van der Waals surface area contributed by atoms with Crippen LogP contribution in [0.4, 0.5) is 0 Å². The summed E-state index contributed by atoms with van der Waals surface area (Å²) in [6.07, 6.45) is 3.21. The first kappa shape index (κ1) is 21.0. The molecule has 0 aromatic carbocycles. The average Bonchev–Trinajstić information content (AvgIpc) is 2.79. The maximum absolute atomic E-state index is 11.9. The van der Waals surface area contributed by atoms with Crippen molar-refractivity contribution in [2.75, 3.05) is 0 Å². The lowest BCUT2D eigenvalue weighted by Crippen LogP contribution is -2.65. The minimum absolute atomic E-state index is 0. The van der Waals surface area contributed by atoms with Crippen molar-refractivity contribution < 1.29 is 18.8 Å². The number of ether oxygens (including phenoxy) is 1. The Morgan fingerprint density at radius 3 is 2.52 bits per heavy atom. The molecule has 1 unspecified atom stereocenters. The summed E-state index contributed by atoms with van der Waals surface area (Å²) in [5.41, 5.74) is 5.89. The van der Waals surface area contributed by atoms with E-state index in [0.29, 0.717) is 24.2 Å². The molecule has 5 atom stereocenters. The maximum atomic E-state index is 11.9. The first-order valence-corrected chi connectivity index (χ1v) is 9.24. The van der Waals surface area contributed by atoms with Crippen molar-refractivity contribution >= 4 is 25.5 Å². The summed E-state index contributed by atoms with van der Waals surface area (Å²) in [6.45, 7) is 12.5. The van der Waals surface area contributed by atoms with E-state index in [4.69, 9.17) is 19.8 Å². The molecular formula is C18H33BClNO4. The molecule has 5 nitrogen and oxygen atoms in total. The third-order valence-corrected chi connectivity index (χ3v) is 6.42. The Kier molecular flexibility index (Phi) is 5.63. The zero-order chi connectivity index (χ0) is 17.9. The van der Waals surface area contributed by atoms with E-state index in [1.165, 1.54) is 6.42 Å². The highest BCUT2D eigenvalue weighted by Crippen LogP contribution is 2.65. The average molecular weight is 374 g/mol. The maximum Gasteiger partial charge on any atom is 0.475 e.